The molecule has 0 unspecified atom stereocenters. The van der Waals surface area contributed by atoms with Gasteiger partial charge in [-0.15, -0.1) is 0 Å². The predicted molar refractivity (Wildman–Crippen MR) is 95.7 cm³/mol. The van der Waals surface area contributed by atoms with E-state index in [-0.39, 0.29) is 24.2 Å². The number of fused-ring (bicyclic) bond motifs is 1. The van der Waals surface area contributed by atoms with E-state index in [4.69, 9.17) is 0 Å². The molecule has 0 bridgehead atoms. The quantitative estimate of drug-likeness (QED) is 0.732. The summed E-state index contributed by atoms with van der Waals surface area (Å²) in [5, 5.41) is 2.87. The number of rotatable bonds is 5. The van der Waals surface area contributed by atoms with Crippen molar-refractivity contribution in [1.29, 1.82) is 0 Å². The summed E-state index contributed by atoms with van der Waals surface area (Å²) >= 11 is 0. The van der Waals surface area contributed by atoms with Crippen molar-refractivity contribution in [3.63, 3.8) is 0 Å². The minimum Gasteiger partial charge on any atom is -0.349 e. The first-order valence-electron chi connectivity index (χ1n) is 8.58. The summed E-state index contributed by atoms with van der Waals surface area (Å²) in [7, 11) is 0. The molecule has 1 aromatic carbocycles. The van der Waals surface area contributed by atoms with Crippen molar-refractivity contribution in [2.45, 2.75) is 19.5 Å². The SMILES string of the molecule is O=C(NCc1nc2ncccc2[nH]1)[C@H]1CC(=O)N(Cc2ccccc2)C1. The Morgan fingerprint density at radius 2 is 2.08 bits per heavy atom. The monoisotopic (exact) mass is 349 g/mol. The van der Waals surface area contributed by atoms with Crippen LogP contribution in [-0.2, 0) is 22.7 Å². The van der Waals surface area contributed by atoms with Crippen LogP contribution in [0.3, 0.4) is 0 Å². The number of aromatic amines is 1. The molecule has 26 heavy (non-hydrogen) atoms. The lowest BCUT2D eigenvalue weighted by molar-refractivity contribution is -0.129. The van der Waals surface area contributed by atoms with E-state index in [1.54, 1.807) is 11.1 Å². The lowest BCUT2D eigenvalue weighted by atomic mass is 10.1. The third-order valence-corrected chi connectivity index (χ3v) is 4.54. The fourth-order valence-corrected chi connectivity index (χ4v) is 3.20. The van der Waals surface area contributed by atoms with E-state index >= 15 is 0 Å². The molecular weight excluding hydrogens is 330 g/mol. The summed E-state index contributed by atoms with van der Waals surface area (Å²) in [5.41, 5.74) is 2.53. The third-order valence-electron chi connectivity index (χ3n) is 4.54. The number of H-pyrrole nitrogens is 1. The molecule has 3 heterocycles. The van der Waals surface area contributed by atoms with E-state index in [2.05, 4.69) is 20.3 Å². The third kappa shape index (κ3) is 3.42. The molecule has 2 aromatic heterocycles. The van der Waals surface area contributed by atoms with Crippen LogP contribution in [0.15, 0.2) is 48.7 Å². The first-order chi connectivity index (χ1) is 12.7. The van der Waals surface area contributed by atoms with Crippen LogP contribution in [0.4, 0.5) is 0 Å². The number of pyridine rings is 1. The number of imidazole rings is 1. The van der Waals surface area contributed by atoms with Gasteiger partial charge in [0.15, 0.2) is 5.65 Å². The van der Waals surface area contributed by atoms with Crippen molar-refractivity contribution in [1.82, 2.24) is 25.2 Å². The fourth-order valence-electron chi connectivity index (χ4n) is 3.20. The highest BCUT2D eigenvalue weighted by Crippen LogP contribution is 2.20. The van der Waals surface area contributed by atoms with E-state index < -0.39 is 0 Å². The van der Waals surface area contributed by atoms with Gasteiger partial charge in [-0.25, -0.2) is 9.97 Å². The lowest BCUT2D eigenvalue weighted by Crippen LogP contribution is -2.32. The zero-order chi connectivity index (χ0) is 17.9. The Balaban J connectivity index is 1.34. The Morgan fingerprint density at radius 1 is 1.23 bits per heavy atom. The molecule has 1 fully saturated rings. The second-order valence-corrected chi connectivity index (χ2v) is 6.44. The number of aromatic nitrogens is 3. The van der Waals surface area contributed by atoms with Crippen LogP contribution < -0.4 is 5.32 Å². The van der Waals surface area contributed by atoms with E-state index in [0.29, 0.717) is 31.1 Å². The van der Waals surface area contributed by atoms with Gasteiger partial charge < -0.3 is 15.2 Å². The number of carbonyl (C=O) groups excluding carboxylic acids is 2. The van der Waals surface area contributed by atoms with Gasteiger partial charge in [0.25, 0.3) is 0 Å². The molecule has 2 amide bonds. The van der Waals surface area contributed by atoms with Gasteiger partial charge in [-0.2, -0.15) is 0 Å². The highest BCUT2D eigenvalue weighted by atomic mass is 16.2. The van der Waals surface area contributed by atoms with Crippen LogP contribution in [0, 0.1) is 5.92 Å². The molecule has 2 N–H and O–H groups in total. The van der Waals surface area contributed by atoms with Crippen LogP contribution in [0.25, 0.3) is 11.2 Å². The second kappa shape index (κ2) is 6.95. The normalized spacial score (nSPS) is 17.0. The molecule has 1 saturated heterocycles. The van der Waals surface area contributed by atoms with Crippen molar-refractivity contribution in [2.24, 2.45) is 5.92 Å². The summed E-state index contributed by atoms with van der Waals surface area (Å²) in [6.07, 6.45) is 1.93. The molecule has 0 saturated carbocycles. The van der Waals surface area contributed by atoms with Gasteiger partial charge in [0.1, 0.15) is 5.82 Å². The topological polar surface area (TPSA) is 91.0 Å². The van der Waals surface area contributed by atoms with Gasteiger partial charge >= 0.3 is 0 Å². The molecule has 1 atom stereocenters. The van der Waals surface area contributed by atoms with Gasteiger partial charge in [-0.1, -0.05) is 30.3 Å². The largest absolute Gasteiger partial charge is 0.349 e. The zero-order valence-corrected chi connectivity index (χ0v) is 14.2. The summed E-state index contributed by atoms with van der Waals surface area (Å²) in [6.45, 7) is 1.28. The molecule has 3 aromatic rings. The Hall–Kier alpha value is -3.22. The number of hydrogen-bond donors (Lipinski definition) is 2. The van der Waals surface area contributed by atoms with Crippen LogP contribution in [0.1, 0.15) is 17.8 Å². The van der Waals surface area contributed by atoms with Crippen LogP contribution in [-0.4, -0.2) is 38.2 Å². The molecule has 7 heteroatoms. The number of nitrogens with zero attached hydrogens (tertiary/aromatic N) is 3. The van der Waals surface area contributed by atoms with Crippen molar-refractivity contribution in [3.05, 3.63) is 60.0 Å². The molecule has 0 aliphatic carbocycles. The summed E-state index contributed by atoms with van der Waals surface area (Å²) < 4.78 is 0. The van der Waals surface area contributed by atoms with E-state index in [0.717, 1.165) is 11.1 Å². The highest BCUT2D eigenvalue weighted by molar-refractivity contribution is 5.89. The van der Waals surface area contributed by atoms with Crippen LogP contribution in [0.5, 0.6) is 0 Å². The predicted octanol–water partition coefficient (Wildman–Crippen LogP) is 1.62. The first kappa shape index (κ1) is 16.3. The molecular formula is C19H19N5O2. The minimum atomic E-state index is -0.325. The van der Waals surface area contributed by atoms with Gasteiger partial charge in [0.2, 0.25) is 11.8 Å². The van der Waals surface area contributed by atoms with Crippen molar-refractivity contribution in [2.75, 3.05) is 6.54 Å². The average molecular weight is 349 g/mol. The second-order valence-electron chi connectivity index (χ2n) is 6.44. The van der Waals surface area contributed by atoms with Crippen molar-refractivity contribution >= 4 is 23.0 Å². The summed E-state index contributed by atoms with van der Waals surface area (Å²) in [5.74, 6) is 0.218. The maximum Gasteiger partial charge on any atom is 0.225 e. The van der Waals surface area contributed by atoms with E-state index in [9.17, 15) is 9.59 Å². The van der Waals surface area contributed by atoms with Gasteiger partial charge in [0.05, 0.1) is 18.0 Å². The van der Waals surface area contributed by atoms with Gasteiger partial charge in [-0.05, 0) is 17.7 Å². The summed E-state index contributed by atoms with van der Waals surface area (Å²) in [4.78, 5) is 38.0. The highest BCUT2D eigenvalue weighted by Gasteiger charge is 2.34. The van der Waals surface area contributed by atoms with E-state index in [1.807, 2.05) is 42.5 Å². The lowest BCUT2D eigenvalue weighted by Gasteiger charge is -2.16. The van der Waals surface area contributed by atoms with Crippen molar-refractivity contribution < 1.29 is 9.59 Å². The molecule has 1 aliphatic heterocycles. The number of benzene rings is 1. The van der Waals surface area contributed by atoms with Gasteiger partial charge in [-0.3, -0.25) is 9.59 Å². The van der Waals surface area contributed by atoms with E-state index in [1.165, 1.54) is 0 Å². The number of likely N-dealkylation sites (tertiary alicyclic amines) is 1. The Morgan fingerprint density at radius 3 is 2.88 bits per heavy atom. The molecule has 0 spiro atoms. The average Bonchev–Trinajstić information content (AvgIpc) is 3.24. The van der Waals surface area contributed by atoms with Crippen LogP contribution in [0.2, 0.25) is 0 Å². The molecule has 7 nitrogen and oxygen atoms in total. The fraction of sp³-hybridized carbons (Fsp3) is 0.263. The number of nitrogens with one attached hydrogen (secondary N) is 2. The minimum absolute atomic E-state index is 0.0157. The zero-order valence-electron chi connectivity index (χ0n) is 14.2. The number of carbonyl (C=O) groups is 2. The maximum atomic E-state index is 12.4. The first-order valence-corrected chi connectivity index (χ1v) is 8.58. The maximum absolute atomic E-state index is 12.4. The molecule has 0 radical (unpaired) electrons. The van der Waals surface area contributed by atoms with Crippen molar-refractivity contribution in [3.8, 4) is 0 Å². The Bertz CT molecular complexity index is 904. The smallest absolute Gasteiger partial charge is 0.225 e. The standard InChI is InChI=1S/C19H19N5O2/c25-17-9-14(12-24(17)11-13-5-2-1-3-6-13)19(26)21-10-16-22-15-7-4-8-20-18(15)23-16/h1-8,14H,9-12H2,(H,21,26)(H,20,22,23)/t14-/m0/s1. The number of hydrogen-bond acceptors (Lipinski definition) is 4. The van der Waals surface area contributed by atoms with Crippen LogP contribution >= 0.6 is 0 Å². The summed E-state index contributed by atoms with van der Waals surface area (Å²) in [6, 6.07) is 13.5. The van der Waals surface area contributed by atoms with Gasteiger partial charge in [0, 0.05) is 25.7 Å². The Kier molecular flexibility index (Phi) is 4.35. The Labute approximate surface area is 150 Å². The molecule has 1 aliphatic rings. The number of amides is 2. The molecule has 4 rings (SSSR count). The molecule has 132 valence electrons.